The molecule has 0 radical (unpaired) electrons. The number of hydrogen-bond donors (Lipinski definition) is 4. The Labute approximate surface area is 171 Å². The lowest BCUT2D eigenvalue weighted by Gasteiger charge is -2.19. The van der Waals surface area contributed by atoms with Crippen LogP contribution in [0.25, 0.3) is 11.3 Å². The van der Waals surface area contributed by atoms with Crippen molar-refractivity contribution in [2.24, 2.45) is 7.05 Å². The number of urea groups is 1. The largest absolute Gasteiger partial charge is 0.505 e. The van der Waals surface area contributed by atoms with Crippen LogP contribution in [0.1, 0.15) is 18.0 Å². The third kappa shape index (κ3) is 4.82. The number of aromatic hydroxyl groups is 1. The fourth-order valence-corrected chi connectivity index (χ4v) is 2.92. The monoisotopic (exact) mass is 408 g/mol. The molecule has 2 aromatic heterocycles. The van der Waals surface area contributed by atoms with Gasteiger partial charge in [-0.15, -0.1) is 0 Å². The van der Waals surface area contributed by atoms with E-state index in [4.69, 9.17) is 0 Å². The van der Waals surface area contributed by atoms with Crippen LogP contribution in [0.4, 0.5) is 10.5 Å². The van der Waals surface area contributed by atoms with Crippen LogP contribution in [0, 0.1) is 0 Å². The number of nitrogens with zero attached hydrogens (tertiary/aromatic N) is 2. The molecule has 154 valence electrons. The molecule has 3 aromatic rings. The number of anilines is 1. The predicted octanol–water partition coefficient (Wildman–Crippen LogP) is 2.49. The Morgan fingerprint density at radius 1 is 1.17 bits per heavy atom. The highest BCUT2D eigenvalue weighted by atomic mass is 16.4. The van der Waals surface area contributed by atoms with E-state index >= 15 is 0 Å². The number of carboxylic acids is 1. The van der Waals surface area contributed by atoms with E-state index in [1.165, 1.54) is 23.9 Å². The number of aryl methyl sites for hydroxylation is 1. The van der Waals surface area contributed by atoms with Crippen LogP contribution in [0.5, 0.6) is 5.75 Å². The minimum atomic E-state index is -1.11. The summed E-state index contributed by atoms with van der Waals surface area (Å²) in [4.78, 5) is 40.2. The smallest absolute Gasteiger partial charge is 0.319 e. The van der Waals surface area contributed by atoms with Crippen molar-refractivity contribution in [1.29, 1.82) is 0 Å². The molecule has 30 heavy (non-hydrogen) atoms. The molecule has 0 spiro atoms. The Kier molecular flexibility index (Phi) is 6.11. The van der Waals surface area contributed by atoms with E-state index in [0.717, 1.165) is 5.56 Å². The Morgan fingerprint density at radius 2 is 1.97 bits per heavy atom. The Balaban J connectivity index is 1.85. The Hall–Kier alpha value is -4.14. The fourth-order valence-electron chi connectivity index (χ4n) is 2.92. The second-order valence-corrected chi connectivity index (χ2v) is 6.58. The van der Waals surface area contributed by atoms with E-state index < -0.39 is 23.6 Å². The van der Waals surface area contributed by atoms with Gasteiger partial charge in [0.15, 0.2) is 5.69 Å². The second kappa shape index (κ2) is 8.91. The molecule has 0 saturated heterocycles. The molecule has 0 fully saturated rings. The minimum absolute atomic E-state index is 0.297. The summed E-state index contributed by atoms with van der Waals surface area (Å²) in [6.45, 7) is 0. The van der Waals surface area contributed by atoms with Gasteiger partial charge in [0.25, 0.3) is 5.56 Å². The highest BCUT2D eigenvalue weighted by molar-refractivity contribution is 5.91. The number of nitrogens with one attached hydrogen (secondary N) is 2. The summed E-state index contributed by atoms with van der Waals surface area (Å²) in [5.41, 5.74) is 1.13. The van der Waals surface area contributed by atoms with Gasteiger partial charge < -0.3 is 25.4 Å². The Morgan fingerprint density at radius 3 is 2.67 bits per heavy atom. The first kappa shape index (κ1) is 20.6. The average Bonchev–Trinajstić information content (AvgIpc) is 2.74. The maximum Gasteiger partial charge on any atom is 0.319 e. The number of benzene rings is 1. The number of amides is 2. The zero-order valence-corrected chi connectivity index (χ0v) is 16.1. The first-order valence-electron chi connectivity index (χ1n) is 9.04. The predicted molar refractivity (Wildman–Crippen MR) is 110 cm³/mol. The first-order chi connectivity index (χ1) is 14.3. The molecule has 9 nitrogen and oxygen atoms in total. The zero-order valence-electron chi connectivity index (χ0n) is 16.1. The van der Waals surface area contributed by atoms with Crippen LogP contribution >= 0.6 is 0 Å². The number of carboxylic acid groups (broad SMARTS) is 1. The van der Waals surface area contributed by atoms with Gasteiger partial charge in [-0.05, 0) is 29.8 Å². The fraction of sp³-hybridized carbons (Fsp3) is 0.143. The molecule has 2 heterocycles. The van der Waals surface area contributed by atoms with E-state index in [1.807, 2.05) is 18.2 Å². The van der Waals surface area contributed by atoms with Gasteiger partial charge in [0.1, 0.15) is 5.75 Å². The maximum atomic E-state index is 12.5. The summed E-state index contributed by atoms with van der Waals surface area (Å²) >= 11 is 0. The molecule has 1 aromatic carbocycles. The maximum absolute atomic E-state index is 12.5. The van der Waals surface area contributed by atoms with Crippen molar-refractivity contribution in [2.75, 3.05) is 5.32 Å². The molecule has 0 aliphatic rings. The molecule has 0 saturated carbocycles. The second-order valence-electron chi connectivity index (χ2n) is 6.58. The zero-order chi connectivity index (χ0) is 21.7. The van der Waals surface area contributed by atoms with Crippen LogP contribution in [0.15, 0.2) is 65.7 Å². The number of rotatable bonds is 6. The van der Waals surface area contributed by atoms with Crippen LogP contribution in [-0.4, -0.2) is 31.8 Å². The van der Waals surface area contributed by atoms with Crippen molar-refractivity contribution >= 4 is 17.7 Å². The van der Waals surface area contributed by atoms with Crippen molar-refractivity contribution in [3.8, 4) is 17.0 Å². The van der Waals surface area contributed by atoms with E-state index in [1.54, 1.807) is 30.5 Å². The normalized spacial score (nSPS) is 11.5. The highest BCUT2D eigenvalue weighted by Gasteiger charge is 2.20. The molecule has 2 amide bonds. The van der Waals surface area contributed by atoms with Crippen LogP contribution in [-0.2, 0) is 11.8 Å². The lowest BCUT2D eigenvalue weighted by Crippen LogP contribution is -2.36. The summed E-state index contributed by atoms with van der Waals surface area (Å²) in [7, 11) is 1.47. The Bertz CT molecular complexity index is 1130. The molecule has 1 unspecified atom stereocenters. The lowest BCUT2D eigenvalue weighted by molar-refractivity contribution is -0.137. The first-order valence-corrected chi connectivity index (χ1v) is 9.04. The number of pyridine rings is 2. The third-order valence-corrected chi connectivity index (χ3v) is 4.42. The topological polar surface area (TPSA) is 134 Å². The van der Waals surface area contributed by atoms with Gasteiger partial charge >= 0.3 is 12.0 Å². The van der Waals surface area contributed by atoms with Crippen LogP contribution < -0.4 is 16.2 Å². The number of hydrogen-bond acceptors (Lipinski definition) is 5. The standard InChI is InChI=1S/C21H20N4O5/c1-25-10-8-17(26)19(20(25)29)24-21(30)23-16(12-18(27)28)14-6-4-5-13(11-14)15-7-2-3-9-22-15/h2-11,16,26H,12H2,1H3,(H,27,28)(H2,23,24,30). The minimum Gasteiger partial charge on any atom is -0.505 e. The molecule has 1 atom stereocenters. The molecule has 0 aliphatic carbocycles. The van der Waals surface area contributed by atoms with Crippen LogP contribution in [0.2, 0.25) is 0 Å². The van der Waals surface area contributed by atoms with Crippen LogP contribution in [0.3, 0.4) is 0 Å². The summed E-state index contributed by atoms with van der Waals surface area (Å²) in [6, 6.07) is 12.0. The lowest BCUT2D eigenvalue weighted by atomic mass is 10.00. The van der Waals surface area contributed by atoms with Gasteiger partial charge in [-0.3, -0.25) is 14.6 Å². The van der Waals surface area contributed by atoms with Crippen molar-refractivity contribution in [2.45, 2.75) is 12.5 Å². The third-order valence-electron chi connectivity index (χ3n) is 4.42. The summed E-state index contributed by atoms with van der Waals surface area (Å²) in [5.74, 6) is -1.50. The van der Waals surface area contributed by atoms with Gasteiger partial charge in [-0.1, -0.05) is 24.3 Å². The molecular weight excluding hydrogens is 388 g/mol. The molecule has 9 heteroatoms. The van der Waals surface area contributed by atoms with E-state index in [0.29, 0.717) is 11.3 Å². The SMILES string of the molecule is Cn1ccc(O)c(NC(=O)NC(CC(=O)O)c2cccc(-c3ccccn3)c2)c1=O. The van der Waals surface area contributed by atoms with E-state index in [2.05, 4.69) is 15.6 Å². The van der Waals surface area contributed by atoms with Crippen molar-refractivity contribution in [1.82, 2.24) is 14.9 Å². The summed E-state index contributed by atoms with van der Waals surface area (Å²) < 4.78 is 1.19. The van der Waals surface area contributed by atoms with E-state index in [9.17, 15) is 24.6 Å². The summed E-state index contributed by atoms with van der Waals surface area (Å²) in [5, 5.41) is 24.0. The molecule has 3 rings (SSSR count). The van der Waals surface area contributed by atoms with E-state index in [-0.39, 0.29) is 17.9 Å². The number of carbonyl (C=O) groups excluding carboxylic acids is 1. The quantitative estimate of drug-likeness (QED) is 0.495. The molecule has 0 bridgehead atoms. The molecular formula is C21H20N4O5. The number of aliphatic carboxylic acids is 1. The average molecular weight is 408 g/mol. The van der Waals surface area contributed by atoms with Gasteiger partial charge in [-0.2, -0.15) is 0 Å². The summed E-state index contributed by atoms with van der Waals surface area (Å²) in [6.07, 6.45) is 2.63. The van der Waals surface area contributed by atoms with Gasteiger partial charge in [-0.25, -0.2) is 4.79 Å². The number of aromatic nitrogens is 2. The number of carbonyl (C=O) groups is 2. The van der Waals surface area contributed by atoms with Crippen molar-refractivity contribution < 1.29 is 19.8 Å². The van der Waals surface area contributed by atoms with Crippen molar-refractivity contribution in [3.05, 3.63) is 76.8 Å². The van der Waals surface area contributed by atoms with Gasteiger partial charge in [0.2, 0.25) is 0 Å². The highest BCUT2D eigenvalue weighted by Crippen LogP contribution is 2.24. The van der Waals surface area contributed by atoms with Gasteiger partial charge in [0, 0.05) is 25.0 Å². The van der Waals surface area contributed by atoms with Gasteiger partial charge in [0.05, 0.1) is 18.2 Å². The molecule has 4 N–H and O–H groups in total. The molecule has 0 aliphatic heterocycles. The van der Waals surface area contributed by atoms with Crippen molar-refractivity contribution in [3.63, 3.8) is 0 Å².